The lowest BCUT2D eigenvalue weighted by molar-refractivity contribution is 0.0950. The van der Waals surface area contributed by atoms with Crippen molar-refractivity contribution in [1.29, 1.82) is 0 Å². The van der Waals surface area contributed by atoms with Gasteiger partial charge in [-0.3, -0.25) is 9.78 Å². The molecule has 0 aliphatic carbocycles. The predicted octanol–water partition coefficient (Wildman–Crippen LogP) is 5.17. The van der Waals surface area contributed by atoms with Crippen LogP contribution >= 0.6 is 23.2 Å². The molecular formula is C22H16Cl2N4O. The van der Waals surface area contributed by atoms with Gasteiger partial charge in [-0.15, -0.1) is 0 Å². The molecule has 2 aromatic carbocycles. The zero-order valence-corrected chi connectivity index (χ0v) is 16.7. The summed E-state index contributed by atoms with van der Waals surface area (Å²) in [5, 5.41) is 8.58. The third-order valence-corrected chi connectivity index (χ3v) is 4.87. The van der Waals surface area contributed by atoms with Crippen molar-refractivity contribution in [2.24, 2.45) is 0 Å². The molecule has 0 unspecified atom stereocenters. The number of rotatable bonds is 5. The highest BCUT2D eigenvalue weighted by atomic mass is 35.5. The van der Waals surface area contributed by atoms with Crippen LogP contribution in [0.3, 0.4) is 0 Å². The summed E-state index contributed by atoms with van der Waals surface area (Å²) in [7, 11) is 0. The molecule has 0 radical (unpaired) electrons. The Morgan fingerprint density at radius 3 is 2.24 bits per heavy atom. The summed E-state index contributed by atoms with van der Waals surface area (Å²) in [6.45, 7) is 0.422. The van der Waals surface area contributed by atoms with Crippen LogP contribution in [0.25, 0.3) is 16.9 Å². The van der Waals surface area contributed by atoms with Gasteiger partial charge in [0.05, 0.1) is 23.1 Å². The van der Waals surface area contributed by atoms with Gasteiger partial charge in [-0.05, 0) is 54.1 Å². The number of halogens is 2. The Morgan fingerprint density at radius 2 is 1.59 bits per heavy atom. The minimum absolute atomic E-state index is 0.184. The summed E-state index contributed by atoms with van der Waals surface area (Å²) in [5.74, 6) is -0.184. The molecule has 5 nitrogen and oxygen atoms in total. The summed E-state index contributed by atoms with van der Waals surface area (Å²) >= 11 is 11.8. The summed E-state index contributed by atoms with van der Waals surface area (Å²) in [6.07, 6.45) is 5.18. The van der Waals surface area contributed by atoms with Gasteiger partial charge in [0.2, 0.25) is 0 Å². The average Bonchev–Trinajstić information content (AvgIpc) is 3.24. The van der Waals surface area contributed by atoms with Crippen LogP contribution in [-0.4, -0.2) is 20.7 Å². The molecule has 0 atom stereocenters. The summed E-state index contributed by atoms with van der Waals surface area (Å²) < 4.78 is 1.75. The molecule has 2 heterocycles. The number of amides is 1. The van der Waals surface area contributed by atoms with E-state index in [0.29, 0.717) is 22.2 Å². The molecule has 0 saturated carbocycles. The van der Waals surface area contributed by atoms with E-state index in [1.54, 1.807) is 41.3 Å². The molecular weight excluding hydrogens is 407 g/mol. The van der Waals surface area contributed by atoms with E-state index >= 15 is 0 Å². The monoisotopic (exact) mass is 422 g/mol. The van der Waals surface area contributed by atoms with Gasteiger partial charge in [0, 0.05) is 34.5 Å². The highest BCUT2D eigenvalue weighted by molar-refractivity contribution is 6.30. The zero-order valence-electron chi connectivity index (χ0n) is 15.2. The van der Waals surface area contributed by atoms with E-state index in [2.05, 4.69) is 15.4 Å². The van der Waals surface area contributed by atoms with Crippen molar-refractivity contribution in [3.63, 3.8) is 0 Å². The van der Waals surface area contributed by atoms with Crippen LogP contribution in [0.5, 0.6) is 0 Å². The van der Waals surface area contributed by atoms with Gasteiger partial charge >= 0.3 is 0 Å². The van der Waals surface area contributed by atoms with Crippen molar-refractivity contribution in [3.05, 3.63) is 100 Å². The van der Waals surface area contributed by atoms with E-state index in [-0.39, 0.29) is 5.91 Å². The first kappa shape index (κ1) is 19.2. The van der Waals surface area contributed by atoms with Gasteiger partial charge in [0.15, 0.2) is 0 Å². The molecule has 0 aliphatic rings. The second-order valence-electron chi connectivity index (χ2n) is 6.39. The van der Waals surface area contributed by atoms with E-state index in [9.17, 15) is 4.79 Å². The number of carbonyl (C=O) groups is 1. The summed E-state index contributed by atoms with van der Waals surface area (Å²) in [4.78, 5) is 16.7. The third kappa shape index (κ3) is 4.65. The fourth-order valence-electron chi connectivity index (χ4n) is 2.78. The largest absolute Gasteiger partial charge is 0.348 e. The lowest BCUT2D eigenvalue weighted by atomic mass is 10.2. The van der Waals surface area contributed by atoms with Crippen LogP contribution in [0, 0.1) is 0 Å². The average molecular weight is 423 g/mol. The Morgan fingerprint density at radius 1 is 0.897 bits per heavy atom. The number of nitrogens with one attached hydrogen (secondary N) is 1. The van der Waals surface area contributed by atoms with Crippen molar-refractivity contribution in [3.8, 4) is 16.9 Å². The normalized spacial score (nSPS) is 10.7. The van der Waals surface area contributed by atoms with Crippen LogP contribution < -0.4 is 5.32 Å². The van der Waals surface area contributed by atoms with E-state index in [1.807, 2.05) is 42.6 Å². The molecule has 2 aromatic heterocycles. The van der Waals surface area contributed by atoms with Crippen LogP contribution in [0.2, 0.25) is 10.0 Å². The zero-order chi connectivity index (χ0) is 20.2. The second kappa shape index (κ2) is 8.47. The van der Waals surface area contributed by atoms with Gasteiger partial charge in [-0.1, -0.05) is 35.3 Å². The van der Waals surface area contributed by atoms with Crippen molar-refractivity contribution in [2.45, 2.75) is 6.54 Å². The van der Waals surface area contributed by atoms with Crippen LogP contribution in [0.1, 0.15) is 15.9 Å². The van der Waals surface area contributed by atoms with Gasteiger partial charge in [-0.2, -0.15) is 5.10 Å². The maximum atomic E-state index is 12.3. The van der Waals surface area contributed by atoms with Crippen LogP contribution in [-0.2, 0) is 6.54 Å². The fourth-order valence-corrected chi connectivity index (χ4v) is 3.03. The lowest BCUT2D eigenvalue weighted by Gasteiger charge is -2.06. The maximum Gasteiger partial charge on any atom is 0.253 e. The number of hydrogen-bond donors (Lipinski definition) is 1. The molecule has 29 heavy (non-hydrogen) atoms. The fraction of sp³-hybridized carbons (Fsp3) is 0.0455. The Kier molecular flexibility index (Phi) is 5.60. The highest BCUT2D eigenvalue weighted by Crippen LogP contribution is 2.19. The Bertz CT molecular complexity index is 1120. The molecule has 1 N–H and O–H groups in total. The molecule has 4 aromatic rings. The SMILES string of the molecule is O=C(NCc1ccc(Cl)cc1)c1ccc(-c2cnn(-c3ccc(Cl)cc3)c2)nc1. The number of benzene rings is 2. The predicted molar refractivity (Wildman–Crippen MR) is 114 cm³/mol. The van der Waals surface area contributed by atoms with Crippen molar-refractivity contribution >= 4 is 29.1 Å². The number of carbonyl (C=O) groups excluding carboxylic acids is 1. The van der Waals surface area contributed by atoms with Gasteiger partial charge in [0.25, 0.3) is 5.91 Å². The first-order valence-corrected chi connectivity index (χ1v) is 9.64. The Labute approximate surface area is 177 Å². The molecule has 7 heteroatoms. The summed E-state index contributed by atoms with van der Waals surface area (Å²) in [6, 6.07) is 18.3. The van der Waals surface area contributed by atoms with Crippen molar-refractivity contribution < 1.29 is 4.79 Å². The van der Waals surface area contributed by atoms with Crippen molar-refractivity contribution in [1.82, 2.24) is 20.1 Å². The molecule has 4 rings (SSSR count). The van der Waals surface area contributed by atoms with Gasteiger partial charge in [-0.25, -0.2) is 4.68 Å². The quantitative estimate of drug-likeness (QED) is 0.482. The highest BCUT2D eigenvalue weighted by Gasteiger charge is 2.09. The van der Waals surface area contributed by atoms with Crippen molar-refractivity contribution in [2.75, 3.05) is 0 Å². The van der Waals surface area contributed by atoms with E-state index in [1.165, 1.54) is 0 Å². The topological polar surface area (TPSA) is 59.8 Å². The molecule has 0 bridgehead atoms. The van der Waals surface area contributed by atoms with E-state index < -0.39 is 0 Å². The smallest absolute Gasteiger partial charge is 0.253 e. The van der Waals surface area contributed by atoms with Crippen LogP contribution in [0.4, 0.5) is 0 Å². The molecule has 144 valence electrons. The number of nitrogens with zero attached hydrogens (tertiary/aromatic N) is 3. The molecule has 1 amide bonds. The Hall–Kier alpha value is -3.15. The number of hydrogen-bond acceptors (Lipinski definition) is 3. The molecule has 0 aliphatic heterocycles. The maximum absolute atomic E-state index is 12.3. The number of pyridine rings is 1. The molecule has 0 fully saturated rings. The van der Waals surface area contributed by atoms with Gasteiger partial charge < -0.3 is 5.32 Å². The first-order valence-electron chi connectivity index (χ1n) is 8.88. The lowest BCUT2D eigenvalue weighted by Crippen LogP contribution is -2.22. The Balaban J connectivity index is 1.43. The van der Waals surface area contributed by atoms with E-state index in [4.69, 9.17) is 23.2 Å². The second-order valence-corrected chi connectivity index (χ2v) is 7.26. The van der Waals surface area contributed by atoms with E-state index in [0.717, 1.165) is 22.5 Å². The summed E-state index contributed by atoms with van der Waals surface area (Å²) in [5.41, 5.74) is 3.96. The minimum Gasteiger partial charge on any atom is -0.348 e. The van der Waals surface area contributed by atoms with Gasteiger partial charge in [0.1, 0.15) is 0 Å². The standard InChI is InChI=1S/C22H16Cl2N4O/c23-18-4-1-15(2-5-18)11-26-22(29)16-3-10-21(25-12-16)17-13-27-28(14-17)20-8-6-19(24)7-9-20/h1-10,12-14H,11H2,(H,26,29). The van der Waals surface area contributed by atoms with Crippen LogP contribution in [0.15, 0.2) is 79.3 Å². The molecule has 0 spiro atoms. The third-order valence-electron chi connectivity index (χ3n) is 4.36. The first-order chi connectivity index (χ1) is 14.1. The number of aromatic nitrogens is 3. The molecule has 0 saturated heterocycles. The minimum atomic E-state index is -0.184.